The number of fused-ring (bicyclic) bond motifs is 1. The van der Waals surface area contributed by atoms with Crippen LogP contribution < -0.4 is 4.90 Å². The quantitative estimate of drug-likeness (QED) is 0.532. The molecule has 1 unspecified atom stereocenters. The molecule has 3 aromatic carbocycles. The van der Waals surface area contributed by atoms with Crippen molar-refractivity contribution in [3.05, 3.63) is 95.1 Å². The number of para-hydroxylation sites is 1. The Morgan fingerprint density at radius 2 is 1.70 bits per heavy atom. The van der Waals surface area contributed by atoms with E-state index in [1.54, 1.807) is 0 Å². The molecule has 1 heterocycles. The van der Waals surface area contributed by atoms with Gasteiger partial charge in [-0.25, -0.2) is 0 Å². The third-order valence-electron chi connectivity index (χ3n) is 5.05. The molecule has 27 heavy (non-hydrogen) atoms. The predicted octanol–water partition coefficient (Wildman–Crippen LogP) is 5.88. The van der Waals surface area contributed by atoms with Gasteiger partial charge in [-0.2, -0.15) is 0 Å². The second kappa shape index (κ2) is 7.61. The second-order valence-corrected chi connectivity index (χ2v) is 8.20. The highest BCUT2D eigenvalue weighted by Gasteiger charge is 2.31. The molecule has 0 saturated heterocycles. The van der Waals surface area contributed by atoms with Crippen LogP contribution in [0, 0.1) is 6.92 Å². The van der Waals surface area contributed by atoms with Crippen LogP contribution in [0.4, 0.5) is 5.69 Å². The van der Waals surface area contributed by atoms with Crippen LogP contribution in [0.25, 0.3) is 0 Å². The summed E-state index contributed by atoms with van der Waals surface area (Å²) in [4.78, 5) is 16.3. The van der Waals surface area contributed by atoms with Crippen LogP contribution in [0.15, 0.2) is 77.7 Å². The van der Waals surface area contributed by atoms with Gasteiger partial charge < -0.3 is 4.90 Å². The predicted molar refractivity (Wildman–Crippen MR) is 114 cm³/mol. The fourth-order valence-corrected chi connectivity index (χ4v) is 4.41. The Hall–Kier alpha value is -2.52. The molecule has 2 nitrogen and oxygen atoms in total. The van der Waals surface area contributed by atoms with Crippen molar-refractivity contribution in [3.63, 3.8) is 0 Å². The van der Waals surface area contributed by atoms with Crippen molar-refractivity contribution in [2.75, 3.05) is 4.90 Å². The van der Waals surface area contributed by atoms with Crippen molar-refractivity contribution in [2.45, 2.75) is 37.0 Å². The molecule has 0 bridgehead atoms. The molecule has 0 radical (unpaired) electrons. The first-order valence-electron chi connectivity index (χ1n) is 9.32. The van der Waals surface area contributed by atoms with Gasteiger partial charge in [0.1, 0.15) is 0 Å². The second-order valence-electron chi connectivity index (χ2n) is 7.16. The van der Waals surface area contributed by atoms with Crippen molar-refractivity contribution in [1.29, 1.82) is 0 Å². The van der Waals surface area contributed by atoms with Crippen LogP contribution in [-0.4, -0.2) is 11.9 Å². The lowest BCUT2D eigenvalue weighted by atomic mass is 10.1. The van der Waals surface area contributed by atoms with Crippen LogP contribution in [0.1, 0.15) is 34.0 Å². The number of aryl methyl sites for hydroxylation is 1. The van der Waals surface area contributed by atoms with E-state index in [1.807, 2.05) is 47.0 Å². The lowest BCUT2D eigenvalue weighted by Gasteiger charge is -2.23. The molecule has 136 valence electrons. The molecule has 1 aliphatic rings. The molecule has 1 amide bonds. The van der Waals surface area contributed by atoms with Gasteiger partial charge in [0.05, 0.1) is 0 Å². The Kier molecular flexibility index (Phi) is 5.04. The Bertz CT molecular complexity index is 947. The van der Waals surface area contributed by atoms with Crippen LogP contribution in [0.3, 0.4) is 0 Å². The van der Waals surface area contributed by atoms with Gasteiger partial charge in [-0.3, -0.25) is 4.79 Å². The van der Waals surface area contributed by atoms with E-state index in [4.69, 9.17) is 0 Å². The smallest absolute Gasteiger partial charge is 0.258 e. The molecule has 3 aromatic rings. The van der Waals surface area contributed by atoms with Gasteiger partial charge in [0.25, 0.3) is 5.91 Å². The topological polar surface area (TPSA) is 20.3 Å². The lowest BCUT2D eigenvalue weighted by molar-refractivity contribution is 0.0981. The Balaban J connectivity index is 1.46. The zero-order chi connectivity index (χ0) is 18.8. The molecule has 0 N–H and O–H groups in total. The SMILES string of the molecule is Cc1ccc(SCc2ccc(C(=O)N3c4ccccc4CC3C)cc2)cc1. The third kappa shape index (κ3) is 3.79. The monoisotopic (exact) mass is 373 g/mol. The van der Waals surface area contributed by atoms with Crippen LogP contribution >= 0.6 is 11.8 Å². The van der Waals surface area contributed by atoms with E-state index in [-0.39, 0.29) is 11.9 Å². The van der Waals surface area contributed by atoms with E-state index in [2.05, 4.69) is 56.3 Å². The standard InChI is InChI=1S/C24H23NOS/c1-17-7-13-22(14-8-17)27-16-19-9-11-20(12-10-19)24(26)25-18(2)15-21-5-3-4-6-23(21)25/h3-14,18H,15-16H2,1-2H3. The number of nitrogens with zero attached hydrogens (tertiary/aromatic N) is 1. The summed E-state index contributed by atoms with van der Waals surface area (Å²) in [7, 11) is 0. The average molecular weight is 374 g/mol. The molecule has 0 aliphatic carbocycles. The number of thioether (sulfide) groups is 1. The van der Waals surface area contributed by atoms with Crippen LogP contribution in [-0.2, 0) is 12.2 Å². The number of amides is 1. The van der Waals surface area contributed by atoms with Gasteiger partial charge in [-0.15, -0.1) is 11.8 Å². The van der Waals surface area contributed by atoms with E-state index >= 15 is 0 Å². The summed E-state index contributed by atoms with van der Waals surface area (Å²) in [5, 5.41) is 0. The number of benzene rings is 3. The molecule has 0 spiro atoms. The van der Waals surface area contributed by atoms with Gasteiger partial charge >= 0.3 is 0 Å². The molecule has 0 aromatic heterocycles. The Morgan fingerprint density at radius 3 is 2.44 bits per heavy atom. The number of rotatable bonds is 4. The molecular weight excluding hydrogens is 350 g/mol. The minimum atomic E-state index is 0.0881. The largest absolute Gasteiger partial charge is 0.305 e. The maximum atomic E-state index is 13.1. The highest BCUT2D eigenvalue weighted by molar-refractivity contribution is 7.98. The molecule has 4 rings (SSSR count). The van der Waals surface area contributed by atoms with Gasteiger partial charge in [0.2, 0.25) is 0 Å². The first-order chi connectivity index (χ1) is 13.1. The Labute approximate surface area is 165 Å². The van der Waals surface area contributed by atoms with Gasteiger partial charge in [-0.1, -0.05) is 48.0 Å². The summed E-state index contributed by atoms with van der Waals surface area (Å²) < 4.78 is 0. The maximum Gasteiger partial charge on any atom is 0.258 e. The van der Waals surface area contributed by atoms with E-state index in [0.717, 1.165) is 23.4 Å². The summed E-state index contributed by atoms with van der Waals surface area (Å²) in [6.07, 6.45) is 0.924. The van der Waals surface area contributed by atoms with Gasteiger partial charge in [0.15, 0.2) is 0 Å². The summed E-state index contributed by atoms with van der Waals surface area (Å²) in [5.74, 6) is 0.991. The minimum Gasteiger partial charge on any atom is -0.305 e. The van der Waals surface area contributed by atoms with E-state index in [9.17, 15) is 4.79 Å². The molecule has 0 fully saturated rings. The average Bonchev–Trinajstić information content (AvgIpc) is 3.03. The minimum absolute atomic E-state index is 0.0881. The summed E-state index contributed by atoms with van der Waals surface area (Å²) >= 11 is 1.82. The molecule has 3 heteroatoms. The number of carbonyl (C=O) groups is 1. The normalized spacial score (nSPS) is 15.6. The summed E-state index contributed by atoms with van der Waals surface area (Å²) in [6, 6.07) is 25.1. The lowest BCUT2D eigenvalue weighted by Crippen LogP contribution is -2.35. The molecular formula is C24H23NOS. The molecule has 1 aliphatic heterocycles. The highest BCUT2D eigenvalue weighted by atomic mass is 32.2. The van der Waals surface area contributed by atoms with Crippen molar-refractivity contribution in [1.82, 2.24) is 0 Å². The van der Waals surface area contributed by atoms with Gasteiger partial charge in [0, 0.05) is 27.9 Å². The summed E-state index contributed by atoms with van der Waals surface area (Å²) in [5.41, 5.74) is 5.56. The van der Waals surface area contributed by atoms with Gasteiger partial charge in [-0.05, 0) is 61.7 Å². The van der Waals surface area contributed by atoms with Crippen LogP contribution in [0.2, 0.25) is 0 Å². The molecule has 1 atom stereocenters. The van der Waals surface area contributed by atoms with Crippen molar-refractivity contribution >= 4 is 23.4 Å². The first kappa shape index (κ1) is 17.9. The summed E-state index contributed by atoms with van der Waals surface area (Å²) in [6.45, 7) is 4.22. The number of carbonyl (C=O) groups excluding carboxylic acids is 1. The van der Waals surface area contributed by atoms with Crippen molar-refractivity contribution in [2.24, 2.45) is 0 Å². The third-order valence-corrected chi connectivity index (χ3v) is 6.14. The number of hydrogen-bond donors (Lipinski definition) is 0. The maximum absolute atomic E-state index is 13.1. The fraction of sp³-hybridized carbons (Fsp3) is 0.208. The van der Waals surface area contributed by atoms with Crippen molar-refractivity contribution in [3.8, 4) is 0 Å². The Morgan fingerprint density at radius 1 is 1.00 bits per heavy atom. The van der Waals surface area contributed by atoms with Crippen LogP contribution in [0.5, 0.6) is 0 Å². The van der Waals surface area contributed by atoms with E-state index < -0.39 is 0 Å². The zero-order valence-corrected chi connectivity index (χ0v) is 16.5. The first-order valence-corrected chi connectivity index (χ1v) is 10.3. The number of hydrogen-bond acceptors (Lipinski definition) is 2. The van der Waals surface area contributed by atoms with Crippen molar-refractivity contribution < 1.29 is 4.79 Å². The molecule has 0 saturated carbocycles. The fourth-order valence-electron chi connectivity index (χ4n) is 3.56. The van der Waals surface area contributed by atoms with E-state index in [1.165, 1.54) is 21.6 Å². The van der Waals surface area contributed by atoms with E-state index in [0.29, 0.717) is 0 Å². The number of anilines is 1. The highest BCUT2D eigenvalue weighted by Crippen LogP contribution is 2.33. The zero-order valence-electron chi connectivity index (χ0n) is 15.7.